The summed E-state index contributed by atoms with van der Waals surface area (Å²) in [7, 11) is 1.56. The van der Waals surface area contributed by atoms with E-state index in [9.17, 15) is 0 Å². The van der Waals surface area contributed by atoms with Crippen LogP contribution in [0.25, 0.3) is 0 Å². The van der Waals surface area contributed by atoms with Gasteiger partial charge < -0.3 is 4.74 Å². The van der Waals surface area contributed by atoms with Crippen LogP contribution in [0.2, 0.25) is 0 Å². The highest BCUT2D eigenvalue weighted by Crippen LogP contribution is 2.08. The van der Waals surface area contributed by atoms with E-state index in [1.54, 1.807) is 20.1 Å². The van der Waals surface area contributed by atoms with Crippen molar-refractivity contribution in [1.82, 2.24) is 0 Å². The van der Waals surface area contributed by atoms with Crippen LogP contribution < -0.4 is 0 Å². The zero-order chi connectivity index (χ0) is 6.57. The van der Waals surface area contributed by atoms with E-state index in [1.165, 1.54) is 0 Å². The molecule has 0 saturated heterocycles. The quantitative estimate of drug-likeness (QED) is 0.414. The average molecular weight is 133 g/mol. The largest absolute Gasteiger partial charge is 0.496 e. The van der Waals surface area contributed by atoms with Crippen LogP contribution in [-0.2, 0) is 4.74 Å². The first kappa shape index (κ1) is 7.57. The molecule has 0 radical (unpaired) electrons. The molecule has 46 valence electrons. The predicted octanol–water partition coefficient (Wildman–Crippen LogP) is 2.29. The maximum atomic E-state index is 5.53. The normalized spacial score (nSPS) is 12.4. The highest BCUT2D eigenvalue weighted by atomic mass is 35.5. The molecule has 0 heterocycles. The van der Waals surface area contributed by atoms with Gasteiger partial charge in [-0.25, -0.2) is 0 Å². The van der Waals surface area contributed by atoms with E-state index in [0.29, 0.717) is 10.8 Å². The Hall–Kier alpha value is -0.430. The van der Waals surface area contributed by atoms with Gasteiger partial charge in [0.1, 0.15) is 5.76 Å². The van der Waals surface area contributed by atoms with Crippen LogP contribution in [0.3, 0.4) is 0 Å². The molecule has 0 aromatic rings. The molecule has 0 atom stereocenters. The van der Waals surface area contributed by atoms with Crippen molar-refractivity contribution in [2.24, 2.45) is 0 Å². The molecule has 2 heteroatoms. The van der Waals surface area contributed by atoms with Crippen LogP contribution >= 0.6 is 11.6 Å². The van der Waals surface area contributed by atoms with Crippen molar-refractivity contribution in [2.45, 2.75) is 6.92 Å². The molecule has 0 rings (SSSR count). The second-order valence-corrected chi connectivity index (χ2v) is 1.87. The summed E-state index contributed by atoms with van der Waals surface area (Å²) in [4.78, 5) is 0. The van der Waals surface area contributed by atoms with Crippen molar-refractivity contribution < 1.29 is 4.74 Å². The molecule has 8 heavy (non-hydrogen) atoms. The number of rotatable bonds is 2. The summed E-state index contributed by atoms with van der Waals surface area (Å²) in [5.74, 6) is 0.631. The van der Waals surface area contributed by atoms with Crippen molar-refractivity contribution in [3.63, 3.8) is 0 Å². The van der Waals surface area contributed by atoms with Gasteiger partial charge in [0.05, 0.1) is 12.1 Å². The first-order chi connectivity index (χ1) is 3.72. The van der Waals surface area contributed by atoms with Crippen LogP contribution in [0.5, 0.6) is 0 Å². The van der Waals surface area contributed by atoms with Gasteiger partial charge in [-0.1, -0.05) is 18.2 Å². The third-order valence-electron chi connectivity index (χ3n) is 0.745. The number of hydrogen-bond acceptors (Lipinski definition) is 1. The van der Waals surface area contributed by atoms with Crippen molar-refractivity contribution in [1.29, 1.82) is 0 Å². The van der Waals surface area contributed by atoms with Gasteiger partial charge in [0, 0.05) is 0 Å². The molecular formula is C6H9ClO. The Morgan fingerprint density at radius 3 is 2.25 bits per heavy atom. The summed E-state index contributed by atoms with van der Waals surface area (Å²) in [5.41, 5.74) is 0. The fraction of sp³-hybridized carbons (Fsp3) is 0.333. The maximum absolute atomic E-state index is 5.53. The molecule has 0 aliphatic rings. The monoisotopic (exact) mass is 132 g/mol. The van der Waals surface area contributed by atoms with Crippen LogP contribution in [0.15, 0.2) is 23.4 Å². The van der Waals surface area contributed by atoms with Crippen LogP contribution in [0.1, 0.15) is 6.92 Å². The van der Waals surface area contributed by atoms with Crippen LogP contribution in [0, 0.1) is 0 Å². The van der Waals surface area contributed by atoms with Crippen LogP contribution in [0.4, 0.5) is 0 Å². The minimum absolute atomic E-state index is 0.627. The van der Waals surface area contributed by atoms with E-state index < -0.39 is 0 Å². The lowest BCUT2D eigenvalue weighted by Gasteiger charge is -1.97. The highest BCUT2D eigenvalue weighted by Gasteiger charge is 1.90. The average Bonchev–Trinajstić information content (AvgIpc) is 1.69. The van der Waals surface area contributed by atoms with E-state index in [1.807, 2.05) is 0 Å². The van der Waals surface area contributed by atoms with E-state index in [0.717, 1.165) is 0 Å². The summed E-state index contributed by atoms with van der Waals surface area (Å²) < 4.78 is 4.79. The van der Waals surface area contributed by atoms with Gasteiger partial charge >= 0.3 is 0 Å². The van der Waals surface area contributed by atoms with Gasteiger partial charge in [-0.05, 0) is 13.0 Å². The van der Waals surface area contributed by atoms with E-state index in [-0.39, 0.29) is 0 Å². The molecule has 0 aliphatic heterocycles. The second kappa shape index (κ2) is 3.56. The van der Waals surface area contributed by atoms with Crippen molar-refractivity contribution >= 4 is 11.6 Å². The molecule has 0 bridgehead atoms. The first-order valence-corrected chi connectivity index (χ1v) is 2.63. The van der Waals surface area contributed by atoms with Crippen molar-refractivity contribution in [3.8, 4) is 0 Å². The number of hydrogen-bond donors (Lipinski definition) is 0. The SMILES string of the molecule is C=CC(OC)=C(C)Cl. The van der Waals surface area contributed by atoms with E-state index in [4.69, 9.17) is 16.3 Å². The number of methoxy groups -OCH3 is 1. The minimum Gasteiger partial charge on any atom is -0.496 e. The van der Waals surface area contributed by atoms with Crippen LogP contribution in [-0.4, -0.2) is 7.11 Å². The molecule has 0 aromatic heterocycles. The minimum atomic E-state index is 0.627. The fourth-order valence-electron chi connectivity index (χ4n) is 0.365. The molecule has 0 spiro atoms. The third-order valence-corrected chi connectivity index (χ3v) is 0.931. The molecule has 0 saturated carbocycles. The topological polar surface area (TPSA) is 9.23 Å². The van der Waals surface area contributed by atoms with Gasteiger partial charge in [-0.15, -0.1) is 0 Å². The Morgan fingerprint density at radius 1 is 1.75 bits per heavy atom. The fourth-order valence-corrected chi connectivity index (χ4v) is 0.519. The Balaban J connectivity index is 4.07. The third kappa shape index (κ3) is 2.03. The van der Waals surface area contributed by atoms with Gasteiger partial charge in [-0.3, -0.25) is 0 Å². The molecule has 0 fully saturated rings. The summed E-state index contributed by atoms with van der Waals surface area (Å²) in [6.07, 6.45) is 1.57. The van der Waals surface area contributed by atoms with Crippen molar-refractivity contribution in [2.75, 3.05) is 7.11 Å². The zero-order valence-corrected chi connectivity index (χ0v) is 5.83. The molecular weight excluding hydrogens is 124 g/mol. The number of allylic oxidation sites excluding steroid dienone is 2. The Morgan fingerprint density at radius 2 is 2.25 bits per heavy atom. The Labute approximate surface area is 54.6 Å². The highest BCUT2D eigenvalue weighted by molar-refractivity contribution is 6.29. The summed E-state index contributed by atoms with van der Waals surface area (Å²) in [5, 5.41) is 0.627. The Bertz CT molecular complexity index is 112. The van der Waals surface area contributed by atoms with Gasteiger partial charge in [-0.2, -0.15) is 0 Å². The maximum Gasteiger partial charge on any atom is 0.132 e. The van der Waals surface area contributed by atoms with E-state index in [2.05, 4.69) is 6.58 Å². The van der Waals surface area contributed by atoms with Crippen molar-refractivity contribution in [3.05, 3.63) is 23.4 Å². The summed E-state index contributed by atoms with van der Waals surface area (Å²) in [6, 6.07) is 0. The zero-order valence-electron chi connectivity index (χ0n) is 5.07. The second-order valence-electron chi connectivity index (χ2n) is 1.31. The lowest BCUT2D eigenvalue weighted by atomic mass is 10.4. The first-order valence-electron chi connectivity index (χ1n) is 2.25. The standard InChI is InChI=1S/C6H9ClO/c1-4-6(8-3)5(2)7/h4H,1H2,2-3H3. The lowest BCUT2D eigenvalue weighted by molar-refractivity contribution is 0.305. The van der Waals surface area contributed by atoms with E-state index >= 15 is 0 Å². The number of halogens is 1. The summed E-state index contributed by atoms with van der Waals surface area (Å²) >= 11 is 5.53. The smallest absolute Gasteiger partial charge is 0.132 e. The summed E-state index contributed by atoms with van der Waals surface area (Å²) in [6.45, 7) is 5.24. The molecule has 0 amide bonds. The molecule has 0 aromatic carbocycles. The predicted molar refractivity (Wildman–Crippen MR) is 35.8 cm³/mol. The van der Waals surface area contributed by atoms with Gasteiger partial charge in [0.15, 0.2) is 0 Å². The molecule has 0 unspecified atom stereocenters. The van der Waals surface area contributed by atoms with Gasteiger partial charge in [0.25, 0.3) is 0 Å². The molecule has 1 nitrogen and oxygen atoms in total. The lowest BCUT2D eigenvalue weighted by Crippen LogP contribution is -1.81. The number of ether oxygens (including phenoxy) is 1. The molecule has 0 N–H and O–H groups in total. The van der Waals surface area contributed by atoms with Gasteiger partial charge in [0.2, 0.25) is 0 Å². The Kier molecular flexibility index (Phi) is 3.37. The molecule has 0 aliphatic carbocycles.